The molecule has 0 heterocycles. The molecule has 0 fully saturated rings. The van der Waals surface area contributed by atoms with Crippen molar-refractivity contribution in [1.82, 2.24) is 0 Å². The molecule has 0 saturated carbocycles. The largest absolute Gasteiger partial charge is 0.481 e. The van der Waals surface area contributed by atoms with Crippen molar-refractivity contribution in [3.05, 3.63) is 0 Å². The third-order valence-corrected chi connectivity index (χ3v) is 2.73. The molecule has 0 atom stereocenters. The fourth-order valence-electron chi connectivity index (χ4n) is 1.45. The predicted molar refractivity (Wildman–Crippen MR) is 59.4 cm³/mol. The third kappa shape index (κ3) is 9.73. The Balaban J connectivity index is 0. The van der Waals surface area contributed by atoms with Gasteiger partial charge in [-0.15, -0.1) is 0 Å². The van der Waals surface area contributed by atoms with Crippen LogP contribution in [0.4, 0.5) is 0 Å². The summed E-state index contributed by atoms with van der Waals surface area (Å²) in [5, 5.41) is 8.88. The van der Waals surface area contributed by atoms with Crippen molar-refractivity contribution in [2.75, 3.05) is 0 Å². The second-order valence-electron chi connectivity index (χ2n) is 4.71. The molecule has 0 rings (SSSR count). The van der Waals surface area contributed by atoms with Crippen molar-refractivity contribution in [3.8, 4) is 0 Å². The van der Waals surface area contributed by atoms with Gasteiger partial charge in [0.15, 0.2) is 0 Å². The first-order chi connectivity index (χ1) is 6.50. The molecule has 0 unspecified atom stereocenters. The molecule has 0 aliphatic heterocycles. The van der Waals surface area contributed by atoms with E-state index in [0.717, 1.165) is 12.8 Å². The van der Waals surface area contributed by atoms with E-state index in [-0.39, 0.29) is 40.8 Å². The summed E-state index contributed by atoms with van der Waals surface area (Å²) in [6, 6.07) is 0. The van der Waals surface area contributed by atoms with Gasteiger partial charge in [-0.3, -0.25) is 4.79 Å². The number of carboxylic acids is 1. The summed E-state index contributed by atoms with van der Waals surface area (Å²) >= 11 is 0. The Kier molecular flexibility index (Phi) is 12.1. The van der Waals surface area contributed by atoms with E-state index in [4.69, 9.17) is 5.11 Å². The summed E-state index contributed by atoms with van der Waals surface area (Å²) < 4.78 is 0. The predicted octanol–water partition coefficient (Wildman–Crippen LogP) is 3.85. The number of hydrogen-bond donors (Lipinski definition) is 1. The molecule has 0 aromatic rings. The first-order valence-corrected chi connectivity index (χ1v) is 5.74. The Morgan fingerprint density at radius 1 is 1.07 bits per heavy atom. The molecular formula is C12H24NdO2. The quantitative estimate of drug-likeness (QED) is 0.679. The molecule has 0 saturated heterocycles. The number of hydrogen-bond acceptors (Lipinski definition) is 1. The van der Waals surface area contributed by atoms with Gasteiger partial charge < -0.3 is 5.11 Å². The van der Waals surface area contributed by atoms with Gasteiger partial charge in [-0.05, 0) is 20.3 Å². The summed E-state index contributed by atoms with van der Waals surface area (Å²) in [4.78, 5) is 10.8. The molecule has 2 nitrogen and oxygen atoms in total. The zero-order chi connectivity index (χ0) is 11.0. The second kappa shape index (κ2) is 10.0. The van der Waals surface area contributed by atoms with Crippen LogP contribution in [0.25, 0.3) is 0 Å². The van der Waals surface area contributed by atoms with E-state index in [1.807, 2.05) is 0 Å². The Bertz CT molecular complexity index is 167. The number of unbranched alkanes of at least 4 members (excludes halogenated alkanes) is 5. The zero-order valence-corrected chi connectivity index (χ0v) is 13.5. The number of carbonyl (C=O) groups is 1. The van der Waals surface area contributed by atoms with Gasteiger partial charge in [0.25, 0.3) is 0 Å². The van der Waals surface area contributed by atoms with Gasteiger partial charge in [0.1, 0.15) is 0 Å². The molecule has 0 amide bonds. The van der Waals surface area contributed by atoms with Gasteiger partial charge in [-0.1, -0.05) is 45.4 Å². The van der Waals surface area contributed by atoms with E-state index in [1.54, 1.807) is 13.8 Å². The van der Waals surface area contributed by atoms with E-state index in [9.17, 15) is 4.79 Å². The Hall–Kier alpha value is 0.821. The minimum Gasteiger partial charge on any atom is -0.481 e. The molecular weight excluding hydrogens is 320 g/mol. The van der Waals surface area contributed by atoms with Crippen LogP contribution in [0.2, 0.25) is 0 Å². The summed E-state index contributed by atoms with van der Waals surface area (Å²) in [6.07, 6.45) is 8.14. The topological polar surface area (TPSA) is 37.3 Å². The summed E-state index contributed by atoms with van der Waals surface area (Å²) in [7, 11) is 0. The van der Waals surface area contributed by atoms with Crippen molar-refractivity contribution in [1.29, 1.82) is 0 Å². The maximum atomic E-state index is 10.8. The normalized spacial score (nSPS) is 10.9. The maximum absolute atomic E-state index is 10.8. The average molecular weight is 345 g/mol. The minimum atomic E-state index is -0.675. The SMILES string of the molecule is CCCCCCCCC(C)(C)C(=O)O.[Nd]. The van der Waals surface area contributed by atoms with Crippen LogP contribution in [0.15, 0.2) is 0 Å². The first kappa shape index (κ1) is 18.2. The van der Waals surface area contributed by atoms with Crippen molar-refractivity contribution >= 4 is 5.97 Å². The van der Waals surface area contributed by atoms with Crippen LogP contribution in [-0.4, -0.2) is 11.1 Å². The monoisotopic (exact) mass is 342 g/mol. The van der Waals surface area contributed by atoms with Gasteiger partial charge in [-0.25, -0.2) is 0 Å². The van der Waals surface area contributed by atoms with Gasteiger partial charge >= 0.3 is 5.97 Å². The summed E-state index contributed by atoms with van der Waals surface area (Å²) in [6.45, 7) is 5.82. The second-order valence-corrected chi connectivity index (χ2v) is 4.71. The molecule has 15 heavy (non-hydrogen) atoms. The van der Waals surface area contributed by atoms with Gasteiger partial charge in [0.05, 0.1) is 5.41 Å². The number of carboxylic acid groups (broad SMARTS) is 1. The van der Waals surface area contributed by atoms with Gasteiger partial charge in [0, 0.05) is 40.8 Å². The third-order valence-electron chi connectivity index (χ3n) is 2.73. The van der Waals surface area contributed by atoms with Crippen LogP contribution in [0.3, 0.4) is 0 Å². The fourth-order valence-corrected chi connectivity index (χ4v) is 1.45. The molecule has 0 aromatic carbocycles. The van der Waals surface area contributed by atoms with E-state index in [1.165, 1.54) is 32.1 Å². The van der Waals surface area contributed by atoms with Gasteiger partial charge in [0.2, 0.25) is 0 Å². The molecule has 0 spiro atoms. The molecule has 3 heteroatoms. The Labute approximate surface area is 127 Å². The fraction of sp³-hybridized carbons (Fsp3) is 0.917. The first-order valence-electron chi connectivity index (χ1n) is 5.74. The van der Waals surface area contributed by atoms with E-state index in [2.05, 4.69) is 6.92 Å². The van der Waals surface area contributed by atoms with Crippen molar-refractivity contribution < 1.29 is 50.7 Å². The average Bonchev–Trinajstić information content (AvgIpc) is 2.10. The van der Waals surface area contributed by atoms with Crippen LogP contribution in [0, 0.1) is 46.3 Å². The smallest absolute Gasteiger partial charge is 0.309 e. The van der Waals surface area contributed by atoms with Crippen LogP contribution < -0.4 is 0 Å². The molecule has 0 aliphatic carbocycles. The maximum Gasteiger partial charge on any atom is 0.309 e. The van der Waals surface area contributed by atoms with Crippen LogP contribution >= 0.6 is 0 Å². The summed E-state index contributed by atoms with van der Waals surface area (Å²) in [5.41, 5.74) is -0.537. The molecule has 0 bridgehead atoms. The van der Waals surface area contributed by atoms with E-state index in [0.29, 0.717) is 0 Å². The van der Waals surface area contributed by atoms with Crippen molar-refractivity contribution in [2.45, 2.75) is 65.7 Å². The van der Waals surface area contributed by atoms with E-state index >= 15 is 0 Å². The van der Waals surface area contributed by atoms with Crippen LogP contribution in [0.1, 0.15) is 65.7 Å². The molecule has 0 aromatic heterocycles. The standard InChI is InChI=1S/C12H24O2.Nd/c1-4-5-6-7-8-9-10-12(2,3)11(13)14;/h4-10H2,1-3H3,(H,13,14);. The molecule has 1 N–H and O–H groups in total. The van der Waals surface area contributed by atoms with Gasteiger partial charge in [-0.2, -0.15) is 0 Å². The summed E-state index contributed by atoms with van der Waals surface area (Å²) in [5.74, 6) is -0.675. The Morgan fingerprint density at radius 2 is 1.53 bits per heavy atom. The molecule has 88 valence electrons. The van der Waals surface area contributed by atoms with Crippen LogP contribution in [-0.2, 0) is 4.79 Å². The molecule has 0 radical (unpaired) electrons. The number of aliphatic carboxylic acids is 1. The minimum absolute atomic E-state index is 0. The zero-order valence-electron chi connectivity index (χ0n) is 10.3. The Morgan fingerprint density at radius 3 is 2.00 bits per heavy atom. The number of rotatable bonds is 8. The van der Waals surface area contributed by atoms with E-state index < -0.39 is 11.4 Å². The van der Waals surface area contributed by atoms with Crippen molar-refractivity contribution in [3.63, 3.8) is 0 Å². The van der Waals surface area contributed by atoms with Crippen molar-refractivity contribution in [2.24, 2.45) is 5.41 Å². The van der Waals surface area contributed by atoms with Crippen LogP contribution in [0.5, 0.6) is 0 Å². The molecule has 0 aliphatic rings.